The van der Waals surface area contributed by atoms with E-state index in [2.05, 4.69) is 15.0 Å². The number of fused-ring (bicyclic) bond motifs is 1. The first kappa shape index (κ1) is 17.6. The largest absolute Gasteiger partial charge is 0.380 e. The Hall–Kier alpha value is -1.76. The third kappa shape index (κ3) is 3.41. The Balaban J connectivity index is 1.38. The van der Waals surface area contributed by atoms with E-state index in [-0.39, 0.29) is 5.41 Å². The van der Waals surface area contributed by atoms with Gasteiger partial charge in [-0.15, -0.1) is 0 Å². The van der Waals surface area contributed by atoms with Crippen molar-refractivity contribution >= 4 is 0 Å². The zero-order chi connectivity index (χ0) is 18.1. The maximum atomic E-state index is 6.09. The zero-order valence-electron chi connectivity index (χ0n) is 15.8. The predicted molar refractivity (Wildman–Crippen MR) is 96.6 cm³/mol. The van der Waals surface area contributed by atoms with Gasteiger partial charge < -0.3 is 14.0 Å². The van der Waals surface area contributed by atoms with Gasteiger partial charge in [-0.05, 0) is 32.9 Å². The van der Waals surface area contributed by atoms with E-state index in [1.807, 2.05) is 39.0 Å². The van der Waals surface area contributed by atoms with E-state index in [0.29, 0.717) is 19.1 Å². The monoisotopic (exact) mass is 357 g/mol. The number of ether oxygens (including phenoxy) is 2. The van der Waals surface area contributed by atoms with Crippen LogP contribution in [0.1, 0.15) is 28.4 Å². The van der Waals surface area contributed by atoms with Crippen molar-refractivity contribution in [3.63, 3.8) is 0 Å². The molecular weight excluding hydrogens is 330 g/mol. The summed E-state index contributed by atoms with van der Waals surface area (Å²) in [5.41, 5.74) is 4.31. The van der Waals surface area contributed by atoms with Gasteiger partial charge in [0.05, 0.1) is 37.8 Å². The molecule has 2 aromatic rings. The molecule has 4 rings (SSSR count). The van der Waals surface area contributed by atoms with Gasteiger partial charge in [0.15, 0.2) is 0 Å². The number of aryl methyl sites for hydroxylation is 3. The molecule has 2 fully saturated rings. The molecule has 2 aliphatic heterocycles. The number of aromatic nitrogens is 2. The summed E-state index contributed by atoms with van der Waals surface area (Å²) in [7, 11) is 0. The van der Waals surface area contributed by atoms with Crippen LogP contribution in [0.2, 0.25) is 0 Å². The van der Waals surface area contributed by atoms with Crippen molar-refractivity contribution < 1.29 is 14.0 Å². The van der Waals surface area contributed by atoms with Crippen molar-refractivity contribution in [1.29, 1.82) is 0 Å². The Morgan fingerprint density at radius 1 is 1.31 bits per heavy atom. The molecule has 0 aromatic carbocycles. The molecule has 0 unspecified atom stereocenters. The molecule has 6 nitrogen and oxygen atoms in total. The summed E-state index contributed by atoms with van der Waals surface area (Å²) in [6, 6.07) is 6.06. The van der Waals surface area contributed by atoms with Crippen molar-refractivity contribution in [3.8, 4) is 0 Å². The van der Waals surface area contributed by atoms with Crippen LogP contribution in [-0.4, -0.2) is 48.0 Å². The van der Waals surface area contributed by atoms with Crippen molar-refractivity contribution in [2.24, 2.45) is 11.3 Å². The van der Waals surface area contributed by atoms with E-state index >= 15 is 0 Å². The van der Waals surface area contributed by atoms with E-state index in [0.717, 1.165) is 55.7 Å². The molecule has 140 valence electrons. The van der Waals surface area contributed by atoms with Crippen LogP contribution < -0.4 is 0 Å². The first-order chi connectivity index (χ1) is 12.6. The molecule has 2 saturated heterocycles. The highest BCUT2D eigenvalue weighted by molar-refractivity contribution is 5.21. The summed E-state index contributed by atoms with van der Waals surface area (Å²) >= 11 is 0. The second kappa shape index (κ2) is 7.10. The van der Waals surface area contributed by atoms with Gasteiger partial charge >= 0.3 is 0 Å². The molecule has 2 aliphatic rings. The van der Waals surface area contributed by atoms with Crippen molar-refractivity contribution in [2.45, 2.75) is 33.9 Å². The van der Waals surface area contributed by atoms with Crippen molar-refractivity contribution in [1.82, 2.24) is 15.0 Å². The lowest BCUT2D eigenvalue weighted by Crippen LogP contribution is -2.35. The molecule has 0 saturated carbocycles. The van der Waals surface area contributed by atoms with E-state index < -0.39 is 0 Å². The van der Waals surface area contributed by atoms with E-state index in [4.69, 9.17) is 14.0 Å². The normalized spacial score (nSPS) is 25.7. The molecule has 26 heavy (non-hydrogen) atoms. The Morgan fingerprint density at radius 2 is 2.19 bits per heavy atom. The van der Waals surface area contributed by atoms with Gasteiger partial charge in [-0.1, -0.05) is 11.2 Å². The highest BCUT2D eigenvalue weighted by atomic mass is 16.5. The minimum Gasteiger partial charge on any atom is -0.380 e. The molecular formula is C20H27N3O3. The Morgan fingerprint density at radius 3 is 2.96 bits per heavy atom. The second-order valence-electron chi connectivity index (χ2n) is 7.81. The fourth-order valence-corrected chi connectivity index (χ4v) is 4.26. The molecule has 0 N–H and O–H groups in total. The molecule has 2 aromatic heterocycles. The van der Waals surface area contributed by atoms with Crippen LogP contribution in [0.5, 0.6) is 0 Å². The van der Waals surface area contributed by atoms with Crippen LogP contribution in [0, 0.1) is 32.1 Å². The third-order valence-electron chi connectivity index (χ3n) is 5.74. The van der Waals surface area contributed by atoms with E-state index in [1.165, 1.54) is 5.56 Å². The van der Waals surface area contributed by atoms with Gasteiger partial charge in [-0.3, -0.25) is 9.88 Å². The average Bonchev–Trinajstić information content (AvgIpc) is 3.23. The molecule has 0 aliphatic carbocycles. The Kier molecular flexibility index (Phi) is 4.82. The molecule has 0 spiro atoms. The average molecular weight is 357 g/mol. The van der Waals surface area contributed by atoms with Crippen LogP contribution in [0.25, 0.3) is 0 Å². The van der Waals surface area contributed by atoms with Crippen LogP contribution in [0.15, 0.2) is 22.7 Å². The minimum absolute atomic E-state index is 0.0861. The number of hydrogen-bond donors (Lipinski definition) is 0. The van der Waals surface area contributed by atoms with Gasteiger partial charge in [0.1, 0.15) is 5.76 Å². The highest BCUT2D eigenvalue weighted by Crippen LogP contribution is 2.42. The smallest absolute Gasteiger partial charge is 0.138 e. The highest BCUT2D eigenvalue weighted by Gasteiger charge is 2.50. The number of nitrogens with zero attached hydrogens (tertiary/aromatic N) is 3. The topological polar surface area (TPSA) is 60.6 Å². The lowest BCUT2D eigenvalue weighted by atomic mass is 9.82. The summed E-state index contributed by atoms with van der Waals surface area (Å²) in [5.74, 6) is 1.44. The fourth-order valence-electron chi connectivity index (χ4n) is 4.26. The van der Waals surface area contributed by atoms with E-state index in [9.17, 15) is 0 Å². The standard InChI is InChI=1S/C20H27N3O3/c1-14-5-4-6-18(21-14)10-25-13-20-11-23(7-17(20)9-24-12-20)8-19-15(2)22-26-16(19)3/h4-6,17H,7-13H2,1-3H3/t17-,20+/m1/s1. The Labute approximate surface area is 154 Å². The SMILES string of the molecule is Cc1cccc(COC[C@]23COC[C@H]2CN(Cc2c(C)noc2C)C3)n1. The van der Waals surface area contributed by atoms with Crippen LogP contribution in [-0.2, 0) is 22.6 Å². The van der Waals surface area contributed by atoms with Crippen molar-refractivity contribution in [2.75, 3.05) is 32.9 Å². The second-order valence-corrected chi connectivity index (χ2v) is 7.81. The lowest BCUT2D eigenvalue weighted by Gasteiger charge is -2.27. The summed E-state index contributed by atoms with van der Waals surface area (Å²) < 4.78 is 17.2. The minimum atomic E-state index is 0.0861. The summed E-state index contributed by atoms with van der Waals surface area (Å²) in [6.07, 6.45) is 0. The van der Waals surface area contributed by atoms with Gasteiger partial charge in [-0.2, -0.15) is 0 Å². The lowest BCUT2D eigenvalue weighted by molar-refractivity contribution is 0.0170. The summed E-state index contributed by atoms with van der Waals surface area (Å²) in [5, 5.41) is 4.08. The van der Waals surface area contributed by atoms with Crippen LogP contribution >= 0.6 is 0 Å². The van der Waals surface area contributed by atoms with Gasteiger partial charge in [-0.25, -0.2) is 0 Å². The van der Waals surface area contributed by atoms with Crippen LogP contribution in [0.4, 0.5) is 0 Å². The number of likely N-dealkylation sites (tertiary alicyclic amines) is 1. The molecule has 0 amide bonds. The predicted octanol–water partition coefficient (Wildman–Crippen LogP) is 2.66. The molecule has 2 atom stereocenters. The summed E-state index contributed by atoms with van der Waals surface area (Å²) in [4.78, 5) is 7.01. The number of hydrogen-bond acceptors (Lipinski definition) is 6. The molecule has 0 bridgehead atoms. The quantitative estimate of drug-likeness (QED) is 0.792. The first-order valence-corrected chi connectivity index (χ1v) is 9.28. The number of pyridine rings is 1. The fraction of sp³-hybridized carbons (Fsp3) is 0.600. The molecule has 4 heterocycles. The van der Waals surface area contributed by atoms with Crippen molar-refractivity contribution in [3.05, 3.63) is 46.6 Å². The van der Waals surface area contributed by atoms with Crippen LogP contribution in [0.3, 0.4) is 0 Å². The summed E-state index contributed by atoms with van der Waals surface area (Å²) in [6.45, 7) is 11.8. The van der Waals surface area contributed by atoms with E-state index in [1.54, 1.807) is 0 Å². The number of rotatable bonds is 6. The third-order valence-corrected chi connectivity index (χ3v) is 5.74. The molecule has 0 radical (unpaired) electrons. The Bertz CT molecular complexity index is 756. The first-order valence-electron chi connectivity index (χ1n) is 9.28. The van der Waals surface area contributed by atoms with Gasteiger partial charge in [0.2, 0.25) is 0 Å². The van der Waals surface area contributed by atoms with Gasteiger partial charge in [0.25, 0.3) is 0 Å². The van der Waals surface area contributed by atoms with Gasteiger partial charge in [0, 0.05) is 42.2 Å². The zero-order valence-corrected chi connectivity index (χ0v) is 15.8. The molecule has 6 heteroatoms. The maximum absolute atomic E-state index is 6.09. The maximum Gasteiger partial charge on any atom is 0.138 e.